The predicted octanol–water partition coefficient (Wildman–Crippen LogP) is 1.78. The highest BCUT2D eigenvalue weighted by molar-refractivity contribution is 5.46. The molecule has 3 nitrogen and oxygen atoms in total. The maximum Gasteiger partial charge on any atom is 0.0506 e. The highest BCUT2D eigenvalue weighted by Crippen LogP contribution is 2.13. The fraction of sp³-hybridized carbons (Fsp3) is 0.538. The van der Waals surface area contributed by atoms with Gasteiger partial charge in [0, 0.05) is 25.4 Å². The topological polar surface area (TPSA) is 47.3 Å². The van der Waals surface area contributed by atoms with E-state index in [-0.39, 0.29) is 0 Å². The minimum absolute atomic E-state index is 0.665. The van der Waals surface area contributed by atoms with Gasteiger partial charge in [-0.1, -0.05) is 18.2 Å². The third-order valence-electron chi connectivity index (χ3n) is 3.06. The van der Waals surface area contributed by atoms with Gasteiger partial charge in [-0.05, 0) is 30.4 Å². The van der Waals surface area contributed by atoms with E-state index in [4.69, 9.17) is 10.5 Å². The molecule has 1 aromatic carbocycles. The van der Waals surface area contributed by atoms with Crippen LogP contribution in [0.2, 0.25) is 0 Å². The molecule has 16 heavy (non-hydrogen) atoms. The van der Waals surface area contributed by atoms with Crippen LogP contribution in [0.15, 0.2) is 24.3 Å². The maximum absolute atomic E-state index is 5.88. The monoisotopic (exact) mass is 220 g/mol. The van der Waals surface area contributed by atoms with Crippen LogP contribution >= 0.6 is 0 Å². The van der Waals surface area contributed by atoms with Gasteiger partial charge in [0.2, 0.25) is 0 Å². The molecule has 0 radical (unpaired) electrons. The van der Waals surface area contributed by atoms with Crippen LogP contribution in [0.1, 0.15) is 18.4 Å². The van der Waals surface area contributed by atoms with Crippen molar-refractivity contribution in [1.29, 1.82) is 0 Å². The SMILES string of the molecule is Nc1ccccc1CNCC1CCCOC1. The van der Waals surface area contributed by atoms with Gasteiger partial charge >= 0.3 is 0 Å². The Bertz CT molecular complexity index is 321. The molecule has 0 amide bonds. The van der Waals surface area contributed by atoms with Gasteiger partial charge in [0.1, 0.15) is 0 Å². The molecular formula is C13H20N2O. The van der Waals surface area contributed by atoms with Gasteiger partial charge in [0.25, 0.3) is 0 Å². The number of rotatable bonds is 4. The lowest BCUT2D eigenvalue weighted by Gasteiger charge is -2.22. The summed E-state index contributed by atoms with van der Waals surface area (Å²) in [4.78, 5) is 0. The summed E-state index contributed by atoms with van der Waals surface area (Å²) in [5, 5.41) is 3.45. The molecule has 0 aliphatic carbocycles. The molecule has 1 atom stereocenters. The van der Waals surface area contributed by atoms with Crippen molar-refractivity contribution >= 4 is 5.69 Å². The summed E-state index contributed by atoms with van der Waals surface area (Å²) in [6.45, 7) is 3.71. The standard InChI is InChI=1S/C13H20N2O/c14-13-6-2-1-5-12(13)9-15-8-11-4-3-7-16-10-11/h1-2,5-6,11,15H,3-4,7-10,14H2. The Morgan fingerprint density at radius 1 is 1.38 bits per heavy atom. The van der Waals surface area contributed by atoms with E-state index >= 15 is 0 Å². The first kappa shape index (κ1) is 11.4. The molecule has 2 rings (SSSR count). The first-order valence-electron chi connectivity index (χ1n) is 5.98. The molecule has 1 unspecified atom stereocenters. The number of nitrogen functional groups attached to an aromatic ring is 1. The van der Waals surface area contributed by atoms with Crippen molar-refractivity contribution in [1.82, 2.24) is 5.32 Å². The Morgan fingerprint density at radius 2 is 2.25 bits per heavy atom. The van der Waals surface area contributed by atoms with Crippen LogP contribution in [0.4, 0.5) is 5.69 Å². The van der Waals surface area contributed by atoms with Crippen molar-refractivity contribution in [2.24, 2.45) is 5.92 Å². The largest absolute Gasteiger partial charge is 0.398 e. The summed E-state index contributed by atoms with van der Waals surface area (Å²) in [5.74, 6) is 0.665. The summed E-state index contributed by atoms with van der Waals surface area (Å²) >= 11 is 0. The van der Waals surface area contributed by atoms with E-state index in [1.54, 1.807) is 0 Å². The molecule has 3 N–H and O–H groups in total. The molecule has 0 spiro atoms. The van der Waals surface area contributed by atoms with Gasteiger partial charge in [-0.3, -0.25) is 0 Å². The lowest BCUT2D eigenvalue weighted by Crippen LogP contribution is -2.29. The summed E-state index contributed by atoms with van der Waals surface area (Å²) in [7, 11) is 0. The van der Waals surface area contributed by atoms with E-state index in [1.807, 2.05) is 18.2 Å². The Balaban J connectivity index is 1.73. The van der Waals surface area contributed by atoms with Crippen molar-refractivity contribution in [2.75, 3.05) is 25.5 Å². The Labute approximate surface area is 97.0 Å². The third-order valence-corrected chi connectivity index (χ3v) is 3.06. The van der Waals surface area contributed by atoms with Crippen LogP contribution in [0.3, 0.4) is 0 Å². The van der Waals surface area contributed by atoms with Gasteiger partial charge in [-0.2, -0.15) is 0 Å². The predicted molar refractivity (Wildman–Crippen MR) is 66.1 cm³/mol. The van der Waals surface area contributed by atoms with Gasteiger partial charge in [0.05, 0.1) is 6.61 Å². The molecule has 1 aliphatic heterocycles. The molecule has 1 saturated heterocycles. The van der Waals surface area contributed by atoms with E-state index < -0.39 is 0 Å². The van der Waals surface area contributed by atoms with Crippen LogP contribution < -0.4 is 11.1 Å². The number of nitrogens with one attached hydrogen (secondary N) is 1. The van der Waals surface area contributed by atoms with E-state index in [0.717, 1.165) is 32.0 Å². The fourth-order valence-corrected chi connectivity index (χ4v) is 2.07. The molecule has 0 saturated carbocycles. The summed E-state index contributed by atoms with van der Waals surface area (Å²) < 4.78 is 5.44. The minimum atomic E-state index is 0.665. The van der Waals surface area contributed by atoms with Crippen LogP contribution in [-0.2, 0) is 11.3 Å². The highest BCUT2D eigenvalue weighted by Gasteiger charge is 2.12. The molecule has 88 valence electrons. The van der Waals surface area contributed by atoms with Crippen molar-refractivity contribution in [3.63, 3.8) is 0 Å². The Hall–Kier alpha value is -1.06. The van der Waals surface area contributed by atoms with E-state index in [9.17, 15) is 0 Å². The fourth-order valence-electron chi connectivity index (χ4n) is 2.07. The van der Waals surface area contributed by atoms with Crippen LogP contribution in [0.25, 0.3) is 0 Å². The molecule has 1 heterocycles. The van der Waals surface area contributed by atoms with E-state index in [2.05, 4.69) is 11.4 Å². The number of para-hydroxylation sites is 1. The smallest absolute Gasteiger partial charge is 0.0506 e. The van der Waals surface area contributed by atoms with Crippen LogP contribution in [-0.4, -0.2) is 19.8 Å². The molecule has 0 aromatic heterocycles. The average molecular weight is 220 g/mol. The summed E-state index contributed by atoms with van der Waals surface area (Å²) in [6, 6.07) is 8.01. The summed E-state index contributed by atoms with van der Waals surface area (Å²) in [5.41, 5.74) is 7.93. The van der Waals surface area contributed by atoms with Crippen LogP contribution in [0.5, 0.6) is 0 Å². The second-order valence-electron chi connectivity index (χ2n) is 4.41. The number of nitrogens with two attached hydrogens (primary N) is 1. The Morgan fingerprint density at radius 3 is 3.00 bits per heavy atom. The normalized spacial score (nSPS) is 20.9. The van der Waals surface area contributed by atoms with Gasteiger partial charge in [-0.25, -0.2) is 0 Å². The average Bonchev–Trinajstić information content (AvgIpc) is 2.33. The van der Waals surface area contributed by atoms with Crippen LogP contribution in [0, 0.1) is 5.92 Å². The van der Waals surface area contributed by atoms with Crippen molar-refractivity contribution in [3.05, 3.63) is 29.8 Å². The molecular weight excluding hydrogens is 200 g/mol. The van der Waals surface area contributed by atoms with Crippen molar-refractivity contribution < 1.29 is 4.74 Å². The highest BCUT2D eigenvalue weighted by atomic mass is 16.5. The lowest BCUT2D eigenvalue weighted by molar-refractivity contribution is 0.0547. The minimum Gasteiger partial charge on any atom is -0.398 e. The quantitative estimate of drug-likeness (QED) is 0.760. The zero-order valence-corrected chi connectivity index (χ0v) is 9.61. The number of anilines is 1. The number of ether oxygens (including phenoxy) is 1. The molecule has 3 heteroatoms. The zero-order chi connectivity index (χ0) is 11.2. The van der Waals surface area contributed by atoms with Gasteiger partial charge in [-0.15, -0.1) is 0 Å². The molecule has 0 bridgehead atoms. The molecule has 1 fully saturated rings. The lowest BCUT2D eigenvalue weighted by atomic mass is 10.0. The first-order chi connectivity index (χ1) is 7.86. The van der Waals surface area contributed by atoms with Crippen molar-refractivity contribution in [2.45, 2.75) is 19.4 Å². The van der Waals surface area contributed by atoms with Gasteiger partial charge < -0.3 is 15.8 Å². The van der Waals surface area contributed by atoms with Gasteiger partial charge in [0.15, 0.2) is 0 Å². The third kappa shape index (κ3) is 3.22. The van der Waals surface area contributed by atoms with E-state index in [0.29, 0.717) is 5.92 Å². The molecule has 1 aromatic rings. The second kappa shape index (κ2) is 5.87. The number of hydrogen-bond acceptors (Lipinski definition) is 3. The summed E-state index contributed by atoms with van der Waals surface area (Å²) in [6.07, 6.45) is 2.47. The second-order valence-corrected chi connectivity index (χ2v) is 4.41. The number of hydrogen-bond donors (Lipinski definition) is 2. The van der Waals surface area contributed by atoms with Crippen molar-refractivity contribution in [3.8, 4) is 0 Å². The van der Waals surface area contributed by atoms with E-state index in [1.165, 1.54) is 18.4 Å². The Kier molecular flexibility index (Phi) is 4.19. The molecule has 1 aliphatic rings. The maximum atomic E-state index is 5.88. The zero-order valence-electron chi connectivity index (χ0n) is 9.61. The number of benzene rings is 1. The first-order valence-corrected chi connectivity index (χ1v) is 5.98.